The zero-order chi connectivity index (χ0) is 23.9. The molecule has 0 heterocycles. The Morgan fingerprint density at radius 2 is 1.36 bits per heavy atom. The van der Waals surface area contributed by atoms with Gasteiger partial charge >= 0.3 is 0 Å². The summed E-state index contributed by atoms with van der Waals surface area (Å²) >= 11 is 0. The molecule has 0 saturated carbocycles. The maximum Gasteiger partial charge on any atom is 0.0280 e. The van der Waals surface area contributed by atoms with Gasteiger partial charge in [-0.2, -0.15) is 0 Å². The Balaban J connectivity index is 2.47. The van der Waals surface area contributed by atoms with Gasteiger partial charge in [-0.25, -0.2) is 0 Å². The molecule has 0 fully saturated rings. The molecule has 0 aliphatic carbocycles. The molecule has 2 rings (SSSR count). The first-order valence-electron chi connectivity index (χ1n) is 13.5. The van der Waals surface area contributed by atoms with E-state index in [2.05, 4.69) is 94.2 Å². The number of hydrogen-bond donors (Lipinski definition) is 0. The van der Waals surface area contributed by atoms with Gasteiger partial charge in [0.25, 0.3) is 0 Å². The molecule has 0 heteroatoms. The lowest BCUT2D eigenvalue weighted by atomic mass is 9.84. The normalized spacial score (nSPS) is 13.0. The average Bonchev–Trinajstić information content (AvgIpc) is 2.85. The SMILES string of the molecule is CC#Cc1cc(CC(CC)CCCC)c(/C=C/c2ccccc2)cc1CC(CC)CCCC. The van der Waals surface area contributed by atoms with Crippen LogP contribution in [0.3, 0.4) is 0 Å². The van der Waals surface area contributed by atoms with E-state index >= 15 is 0 Å². The Morgan fingerprint density at radius 1 is 0.758 bits per heavy atom. The van der Waals surface area contributed by atoms with E-state index in [1.807, 2.05) is 6.92 Å². The van der Waals surface area contributed by atoms with Crippen molar-refractivity contribution in [2.75, 3.05) is 0 Å². The van der Waals surface area contributed by atoms with E-state index in [1.54, 1.807) is 0 Å². The Labute approximate surface area is 204 Å². The smallest absolute Gasteiger partial charge is 0.0280 e. The van der Waals surface area contributed by atoms with Crippen molar-refractivity contribution in [3.63, 3.8) is 0 Å². The molecule has 0 spiro atoms. The molecule has 2 aromatic rings. The van der Waals surface area contributed by atoms with Gasteiger partial charge in [-0.3, -0.25) is 0 Å². The van der Waals surface area contributed by atoms with Crippen LogP contribution in [0.25, 0.3) is 12.2 Å². The number of hydrogen-bond acceptors (Lipinski definition) is 0. The Hall–Kier alpha value is -2.26. The van der Waals surface area contributed by atoms with E-state index in [9.17, 15) is 0 Å². The van der Waals surface area contributed by atoms with E-state index in [1.165, 1.54) is 79.2 Å². The molecule has 0 radical (unpaired) electrons. The molecular formula is C33H46. The Bertz CT molecular complexity index is 891. The summed E-state index contributed by atoms with van der Waals surface area (Å²) in [6.07, 6.45) is 17.2. The van der Waals surface area contributed by atoms with Gasteiger partial charge in [-0.05, 0) is 59.9 Å². The molecule has 0 aliphatic rings. The van der Waals surface area contributed by atoms with Gasteiger partial charge in [0.05, 0.1) is 0 Å². The van der Waals surface area contributed by atoms with Gasteiger partial charge in [0.15, 0.2) is 0 Å². The van der Waals surface area contributed by atoms with Crippen molar-refractivity contribution in [1.82, 2.24) is 0 Å². The van der Waals surface area contributed by atoms with E-state index in [-0.39, 0.29) is 0 Å². The standard InChI is InChI=1S/C33H46/c1-6-11-17-27(9-4)23-32-26-31(22-21-29-19-14-13-15-20-29)33(25-30(32)16-8-3)24-28(10-5)18-12-7-2/h13-15,19-22,25-28H,6-7,9-12,17-18,23-24H2,1-5H3/b22-21+. The zero-order valence-electron chi connectivity index (χ0n) is 21.9. The molecule has 0 saturated heterocycles. The number of rotatable bonds is 14. The summed E-state index contributed by atoms with van der Waals surface area (Å²) in [5.74, 6) is 8.15. The highest BCUT2D eigenvalue weighted by Gasteiger charge is 2.15. The summed E-state index contributed by atoms with van der Waals surface area (Å²) in [5.41, 5.74) is 6.80. The summed E-state index contributed by atoms with van der Waals surface area (Å²) in [4.78, 5) is 0. The van der Waals surface area contributed by atoms with Crippen LogP contribution in [-0.2, 0) is 12.8 Å². The predicted octanol–water partition coefficient (Wildman–Crippen LogP) is 9.75. The molecule has 0 aromatic heterocycles. The van der Waals surface area contributed by atoms with Gasteiger partial charge in [0.1, 0.15) is 0 Å². The van der Waals surface area contributed by atoms with Crippen molar-refractivity contribution in [2.24, 2.45) is 11.8 Å². The van der Waals surface area contributed by atoms with E-state index in [0.717, 1.165) is 24.7 Å². The molecular weight excluding hydrogens is 396 g/mol. The predicted molar refractivity (Wildman–Crippen MR) is 148 cm³/mol. The average molecular weight is 443 g/mol. The first-order chi connectivity index (χ1) is 16.1. The highest BCUT2D eigenvalue weighted by Crippen LogP contribution is 2.28. The third-order valence-corrected chi connectivity index (χ3v) is 6.98. The van der Waals surface area contributed by atoms with Crippen LogP contribution in [-0.4, -0.2) is 0 Å². The molecule has 0 nitrogen and oxygen atoms in total. The molecule has 0 amide bonds. The van der Waals surface area contributed by atoms with Gasteiger partial charge in [0.2, 0.25) is 0 Å². The van der Waals surface area contributed by atoms with Crippen LogP contribution in [0.1, 0.15) is 114 Å². The third-order valence-electron chi connectivity index (χ3n) is 6.98. The molecule has 33 heavy (non-hydrogen) atoms. The van der Waals surface area contributed by atoms with E-state index in [0.29, 0.717) is 0 Å². The second kappa shape index (κ2) is 15.6. The van der Waals surface area contributed by atoms with Crippen LogP contribution in [0.15, 0.2) is 42.5 Å². The first kappa shape index (κ1) is 27.0. The van der Waals surface area contributed by atoms with Crippen LogP contribution in [0, 0.1) is 23.7 Å². The van der Waals surface area contributed by atoms with Crippen molar-refractivity contribution in [3.05, 3.63) is 70.3 Å². The number of benzene rings is 2. The van der Waals surface area contributed by atoms with Crippen molar-refractivity contribution in [1.29, 1.82) is 0 Å². The largest absolute Gasteiger partial charge is 0.101 e. The second-order valence-electron chi connectivity index (χ2n) is 9.57. The minimum Gasteiger partial charge on any atom is -0.101 e. The second-order valence-corrected chi connectivity index (χ2v) is 9.57. The monoisotopic (exact) mass is 442 g/mol. The van der Waals surface area contributed by atoms with Crippen molar-refractivity contribution >= 4 is 12.2 Å². The zero-order valence-corrected chi connectivity index (χ0v) is 21.9. The van der Waals surface area contributed by atoms with Crippen molar-refractivity contribution in [2.45, 2.75) is 98.8 Å². The molecule has 2 aromatic carbocycles. The highest BCUT2D eigenvalue weighted by atomic mass is 14.2. The van der Waals surface area contributed by atoms with Crippen LogP contribution in [0.4, 0.5) is 0 Å². The molecule has 2 unspecified atom stereocenters. The molecule has 0 aliphatic heterocycles. The Kier molecular flexibility index (Phi) is 12.7. The fourth-order valence-electron chi connectivity index (χ4n) is 4.72. The van der Waals surface area contributed by atoms with Crippen LogP contribution >= 0.6 is 0 Å². The Morgan fingerprint density at radius 3 is 1.91 bits per heavy atom. The fourth-order valence-corrected chi connectivity index (χ4v) is 4.72. The maximum atomic E-state index is 3.46. The number of unbranched alkanes of at least 4 members (excludes halogenated alkanes) is 2. The third kappa shape index (κ3) is 9.25. The molecule has 178 valence electrons. The van der Waals surface area contributed by atoms with E-state index < -0.39 is 0 Å². The van der Waals surface area contributed by atoms with Gasteiger partial charge in [0, 0.05) is 5.56 Å². The topological polar surface area (TPSA) is 0 Å². The minimum atomic E-state index is 0.743. The molecule has 2 atom stereocenters. The fraction of sp³-hybridized carbons (Fsp3) is 0.515. The van der Waals surface area contributed by atoms with Gasteiger partial charge in [-0.15, -0.1) is 5.92 Å². The van der Waals surface area contributed by atoms with Gasteiger partial charge < -0.3 is 0 Å². The summed E-state index contributed by atoms with van der Waals surface area (Å²) in [5, 5.41) is 0. The lowest BCUT2D eigenvalue weighted by molar-refractivity contribution is 0.446. The van der Waals surface area contributed by atoms with Crippen LogP contribution in [0.2, 0.25) is 0 Å². The lowest BCUT2D eigenvalue weighted by Crippen LogP contribution is -2.09. The van der Waals surface area contributed by atoms with Crippen molar-refractivity contribution in [3.8, 4) is 11.8 Å². The van der Waals surface area contributed by atoms with Crippen LogP contribution < -0.4 is 0 Å². The van der Waals surface area contributed by atoms with Gasteiger partial charge in [-0.1, -0.05) is 134 Å². The van der Waals surface area contributed by atoms with Crippen LogP contribution in [0.5, 0.6) is 0 Å². The molecule has 0 N–H and O–H groups in total. The highest BCUT2D eigenvalue weighted by molar-refractivity contribution is 5.72. The summed E-state index contributed by atoms with van der Waals surface area (Å²) in [6.45, 7) is 11.3. The first-order valence-corrected chi connectivity index (χ1v) is 13.5. The molecule has 0 bridgehead atoms. The summed E-state index contributed by atoms with van der Waals surface area (Å²) in [6, 6.07) is 15.6. The summed E-state index contributed by atoms with van der Waals surface area (Å²) in [7, 11) is 0. The minimum absolute atomic E-state index is 0.743. The van der Waals surface area contributed by atoms with Crippen molar-refractivity contribution < 1.29 is 0 Å². The quantitative estimate of drug-likeness (QED) is 0.202. The van der Waals surface area contributed by atoms with E-state index in [4.69, 9.17) is 0 Å². The lowest BCUT2D eigenvalue weighted by Gasteiger charge is -2.20. The summed E-state index contributed by atoms with van der Waals surface area (Å²) < 4.78 is 0. The maximum absolute atomic E-state index is 3.46.